The normalized spacial score (nSPS) is 21.7. The highest BCUT2D eigenvalue weighted by Gasteiger charge is 2.22. The molecule has 1 heterocycles. The van der Waals surface area contributed by atoms with Gasteiger partial charge < -0.3 is 4.74 Å². The summed E-state index contributed by atoms with van der Waals surface area (Å²) >= 11 is 0. The van der Waals surface area contributed by atoms with Gasteiger partial charge >= 0.3 is 0 Å². The van der Waals surface area contributed by atoms with E-state index in [0.717, 1.165) is 6.29 Å². The van der Waals surface area contributed by atoms with Crippen molar-refractivity contribution in [1.29, 1.82) is 0 Å². The molecular formula is C9H8O4. The van der Waals surface area contributed by atoms with E-state index in [-0.39, 0.29) is 6.79 Å². The van der Waals surface area contributed by atoms with Crippen LogP contribution in [0.25, 0.3) is 0 Å². The maximum Gasteiger partial charge on any atom is 0.220 e. The van der Waals surface area contributed by atoms with Crippen molar-refractivity contribution < 1.29 is 19.3 Å². The standard InChI is InChI=1S/C9H8O4/c10-5-7-3-1-2-4-8(7)9-11-6-12-13-9/h1-5,9H,6H2. The average molecular weight is 180 g/mol. The van der Waals surface area contributed by atoms with Crippen LogP contribution >= 0.6 is 0 Å². The molecule has 0 bridgehead atoms. The lowest BCUT2D eigenvalue weighted by Crippen LogP contribution is -2.01. The SMILES string of the molecule is O=Cc1ccccc1C1OCOO1. The van der Waals surface area contributed by atoms with Crippen LogP contribution in [0.5, 0.6) is 0 Å². The molecule has 1 fully saturated rings. The van der Waals surface area contributed by atoms with Crippen LogP contribution in [0.3, 0.4) is 0 Å². The third kappa shape index (κ3) is 1.60. The number of aldehydes is 1. The first-order valence-electron chi connectivity index (χ1n) is 3.86. The molecule has 4 nitrogen and oxygen atoms in total. The average Bonchev–Trinajstić information content (AvgIpc) is 2.70. The van der Waals surface area contributed by atoms with E-state index in [1.807, 2.05) is 6.07 Å². The zero-order valence-electron chi connectivity index (χ0n) is 6.80. The number of carbonyl (C=O) groups excluding carboxylic acids is 1. The molecule has 2 rings (SSSR count). The maximum absolute atomic E-state index is 10.6. The Morgan fingerprint density at radius 1 is 1.38 bits per heavy atom. The van der Waals surface area contributed by atoms with Gasteiger partial charge in [-0.2, -0.15) is 4.89 Å². The fourth-order valence-electron chi connectivity index (χ4n) is 1.18. The summed E-state index contributed by atoms with van der Waals surface area (Å²) in [5.41, 5.74) is 1.24. The van der Waals surface area contributed by atoms with Crippen molar-refractivity contribution in [3.63, 3.8) is 0 Å². The molecule has 1 aromatic carbocycles. The quantitative estimate of drug-likeness (QED) is 0.510. The smallest absolute Gasteiger partial charge is 0.220 e. The van der Waals surface area contributed by atoms with Gasteiger partial charge in [-0.15, -0.1) is 0 Å². The summed E-state index contributed by atoms with van der Waals surface area (Å²) in [5, 5.41) is 0. The van der Waals surface area contributed by atoms with Crippen molar-refractivity contribution in [2.75, 3.05) is 6.79 Å². The first-order valence-corrected chi connectivity index (χ1v) is 3.86. The van der Waals surface area contributed by atoms with Crippen LogP contribution < -0.4 is 0 Å². The predicted octanol–water partition coefficient (Wildman–Crippen LogP) is 1.43. The van der Waals surface area contributed by atoms with E-state index < -0.39 is 6.29 Å². The number of ether oxygens (including phenoxy) is 1. The Labute approximate surface area is 75.0 Å². The Balaban J connectivity index is 2.31. The van der Waals surface area contributed by atoms with E-state index in [1.54, 1.807) is 18.2 Å². The molecule has 1 unspecified atom stereocenters. The van der Waals surface area contributed by atoms with E-state index in [4.69, 9.17) is 9.62 Å². The van der Waals surface area contributed by atoms with E-state index in [1.165, 1.54) is 0 Å². The molecule has 1 saturated heterocycles. The second-order valence-electron chi connectivity index (χ2n) is 2.58. The van der Waals surface area contributed by atoms with Crippen LogP contribution in [0, 0.1) is 0 Å². The van der Waals surface area contributed by atoms with Gasteiger partial charge in [-0.1, -0.05) is 24.3 Å². The van der Waals surface area contributed by atoms with Gasteiger partial charge in [0.05, 0.1) is 0 Å². The first-order chi connectivity index (χ1) is 6.42. The van der Waals surface area contributed by atoms with Crippen molar-refractivity contribution in [2.24, 2.45) is 0 Å². The number of rotatable bonds is 2. The highest BCUT2D eigenvalue weighted by Crippen LogP contribution is 2.25. The summed E-state index contributed by atoms with van der Waals surface area (Å²) in [6.07, 6.45) is 0.182. The lowest BCUT2D eigenvalue weighted by Gasteiger charge is -2.07. The second kappa shape index (κ2) is 3.66. The molecule has 0 amide bonds. The number of benzene rings is 1. The number of hydrogen-bond acceptors (Lipinski definition) is 4. The molecule has 0 aliphatic carbocycles. The first kappa shape index (κ1) is 8.37. The molecule has 1 aliphatic heterocycles. The van der Waals surface area contributed by atoms with Crippen LogP contribution in [0.2, 0.25) is 0 Å². The number of hydrogen-bond donors (Lipinski definition) is 0. The third-order valence-electron chi connectivity index (χ3n) is 1.80. The molecular weight excluding hydrogens is 172 g/mol. The van der Waals surface area contributed by atoms with Crippen LogP contribution in [-0.4, -0.2) is 13.1 Å². The van der Waals surface area contributed by atoms with Gasteiger partial charge in [0, 0.05) is 11.1 Å². The minimum Gasteiger partial charge on any atom is -0.316 e. The molecule has 0 radical (unpaired) electrons. The predicted molar refractivity (Wildman–Crippen MR) is 42.7 cm³/mol. The van der Waals surface area contributed by atoms with E-state index in [2.05, 4.69) is 4.89 Å². The Morgan fingerprint density at radius 3 is 2.92 bits per heavy atom. The van der Waals surface area contributed by atoms with Crippen molar-refractivity contribution in [2.45, 2.75) is 6.29 Å². The summed E-state index contributed by atoms with van der Waals surface area (Å²) in [6, 6.07) is 7.06. The minimum atomic E-state index is -0.582. The molecule has 0 saturated carbocycles. The minimum absolute atomic E-state index is 0.0951. The molecule has 0 N–H and O–H groups in total. The van der Waals surface area contributed by atoms with Crippen LogP contribution in [0.15, 0.2) is 24.3 Å². The van der Waals surface area contributed by atoms with Crippen LogP contribution in [0.4, 0.5) is 0 Å². The Morgan fingerprint density at radius 2 is 2.23 bits per heavy atom. The molecule has 13 heavy (non-hydrogen) atoms. The van der Waals surface area contributed by atoms with E-state index >= 15 is 0 Å². The fourth-order valence-corrected chi connectivity index (χ4v) is 1.18. The van der Waals surface area contributed by atoms with E-state index in [9.17, 15) is 4.79 Å². The Bertz CT molecular complexity index is 304. The summed E-state index contributed by atoms with van der Waals surface area (Å²) in [7, 11) is 0. The molecule has 1 aliphatic rings. The molecule has 68 valence electrons. The van der Waals surface area contributed by atoms with Gasteiger partial charge in [-0.25, -0.2) is 4.89 Å². The van der Waals surface area contributed by atoms with Gasteiger partial charge in [-0.3, -0.25) is 4.79 Å². The Hall–Kier alpha value is -1.23. The monoisotopic (exact) mass is 180 g/mol. The maximum atomic E-state index is 10.6. The zero-order chi connectivity index (χ0) is 9.10. The lowest BCUT2D eigenvalue weighted by molar-refractivity contribution is -0.279. The van der Waals surface area contributed by atoms with Crippen LogP contribution in [-0.2, 0) is 14.5 Å². The van der Waals surface area contributed by atoms with Gasteiger partial charge in [0.15, 0.2) is 13.1 Å². The van der Waals surface area contributed by atoms with Crippen LogP contribution in [0.1, 0.15) is 22.2 Å². The number of carbonyl (C=O) groups is 1. The molecule has 4 heteroatoms. The third-order valence-corrected chi connectivity index (χ3v) is 1.80. The highest BCUT2D eigenvalue weighted by atomic mass is 17.3. The van der Waals surface area contributed by atoms with Gasteiger partial charge in [0.2, 0.25) is 6.29 Å². The largest absolute Gasteiger partial charge is 0.316 e. The molecule has 1 aromatic rings. The Kier molecular flexibility index (Phi) is 2.35. The van der Waals surface area contributed by atoms with Gasteiger partial charge in [-0.05, 0) is 0 Å². The topological polar surface area (TPSA) is 44.8 Å². The highest BCUT2D eigenvalue weighted by molar-refractivity contribution is 5.77. The molecule has 0 aromatic heterocycles. The lowest BCUT2D eigenvalue weighted by atomic mass is 10.1. The summed E-state index contributed by atoms with van der Waals surface area (Å²) < 4.78 is 5.08. The van der Waals surface area contributed by atoms with Gasteiger partial charge in [0.25, 0.3) is 0 Å². The summed E-state index contributed by atoms with van der Waals surface area (Å²) in [5.74, 6) is 0. The fraction of sp³-hybridized carbons (Fsp3) is 0.222. The van der Waals surface area contributed by atoms with Crippen molar-refractivity contribution >= 4 is 6.29 Å². The molecule has 0 spiro atoms. The zero-order valence-corrected chi connectivity index (χ0v) is 6.80. The summed E-state index contributed by atoms with van der Waals surface area (Å²) in [4.78, 5) is 20.0. The second-order valence-corrected chi connectivity index (χ2v) is 2.58. The van der Waals surface area contributed by atoms with Gasteiger partial charge in [0.1, 0.15) is 0 Å². The van der Waals surface area contributed by atoms with Crippen molar-refractivity contribution in [1.82, 2.24) is 0 Å². The van der Waals surface area contributed by atoms with Crippen molar-refractivity contribution in [3.05, 3.63) is 35.4 Å². The van der Waals surface area contributed by atoms with Crippen molar-refractivity contribution in [3.8, 4) is 0 Å². The summed E-state index contributed by atoms with van der Waals surface area (Å²) in [6.45, 7) is 0.0951. The van der Waals surface area contributed by atoms with E-state index in [0.29, 0.717) is 11.1 Å². The molecule has 1 atom stereocenters.